The number of rotatable bonds is 3. The van der Waals surface area contributed by atoms with Crippen LogP contribution in [-0.2, 0) is 0 Å². The van der Waals surface area contributed by atoms with Gasteiger partial charge in [0.1, 0.15) is 23.4 Å². The second-order valence-corrected chi connectivity index (χ2v) is 5.47. The smallest absolute Gasteiger partial charge is 0.231 e. The molecule has 2 heterocycles. The Hall–Kier alpha value is -2.82. The summed E-state index contributed by atoms with van der Waals surface area (Å²) in [4.78, 5) is 0. The van der Waals surface area contributed by atoms with Gasteiger partial charge in [-0.05, 0) is 18.2 Å². The van der Waals surface area contributed by atoms with Crippen LogP contribution in [0.1, 0.15) is 23.1 Å². The van der Waals surface area contributed by atoms with Gasteiger partial charge in [0.05, 0.1) is 7.11 Å². The Bertz CT molecular complexity index is 783. The summed E-state index contributed by atoms with van der Waals surface area (Å²) in [7, 11) is 1.56. The van der Waals surface area contributed by atoms with E-state index in [4.69, 9.17) is 18.9 Å². The average Bonchev–Trinajstić information content (AvgIpc) is 3.15. The summed E-state index contributed by atoms with van der Waals surface area (Å²) in [5, 5.41) is 10.3. The topological polar surface area (TPSA) is 57.2 Å². The molecule has 0 radical (unpaired) electrons. The largest absolute Gasteiger partial charge is 0.507 e. The molecule has 0 aromatic heterocycles. The molecule has 0 saturated heterocycles. The zero-order chi connectivity index (χ0) is 16.0. The molecule has 2 aliphatic rings. The Morgan fingerprint density at radius 2 is 1.91 bits per heavy atom. The molecule has 0 unspecified atom stereocenters. The van der Waals surface area contributed by atoms with Gasteiger partial charge >= 0.3 is 0 Å². The fourth-order valence-corrected chi connectivity index (χ4v) is 3.07. The molecule has 2 aromatic carbocycles. The van der Waals surface area contributed by atoms with Crippen molar-refractivity contribution >= 4 is 0 Å². The predicted octanol–water partition coefficient (Wildman–Crippen LogP) is 3.53. The van der Waals surface area contributed by atoms with E-state index in [0.29, 0.717) is 22.8 Å². The molecule has 2 atom stereocenters. The number of methoxy groups -OCH3 is 1. The lowest BCUT2D eigenvalue weighted by atomic mass is 9.90. The monoisotopic (exact) mass is 312 g/mol. The number of aromatic hydroxyl groups is 1. The highest BCUT2D eigenvalue weighted by Crippen LogP contribution is 2.52. The number of fused-ring (bicyclic) bond motifs is 2. The third kappa shape index (κ3) is 2.08. The van der Waals surface area contributed by atoms with E-state index in [0.717, 1.165) is 11.3 Å². The standard InChI is InChI=1S/C18H16O5/c1-3-11-13-7-16-17(22-9-21-16)8-15(13)23-18(11)12-5-4-10(20-2)6-14(12)19/h3-8,11,18-19H,1,9H2,2H3/t11-,18-/m0/s1. The summed E-state index contributed by atoms with van der Waals surface area (Å²) < 4.78 is 22.0. The SMILES string of the molecule is C=C[C@H]1c2cc3c(cc2O[C@@H]1c1ccc(OC)cc1O)OCO3. The minimum atomic E-state index is -0.351. The van der Waals surface area contributed by atoms with Crippen LogP contribution in [0.15, 0.2) is 43.0 Å². The van der Waals surface area contributed by atoms with Crippen molar-refractivity contribution in [2.24, 2.45) is 0 Å². The summed E-state index contributed by atoms with van der Waals surface area (Å²) in [5.74, 6) is 2.75. The van der Waals surface area contributed by atoms with Crippen LogP contribution >= 0.6 is 0 Å². The first-order chi connectivity index (χ1) is 11.2. The number of benzene rings is 2. The number of ether oxygens (including phenoxy) is 4. The zero-order valence-corrected chi connectivity index (χ0v) is 12.6. The Labute approximate surface area is 133 Å². The molecule has 0 saturated carbocycles. The van der Waals surface area contributed by atoms with Crippen molar-refractivity contribution in [3.8, 4) is 28.7 Å². The molecule has 4 rings (SSSR count). The number of phenols is 1. The molecule has 118 valence electrons. The molecule has 0 spiro atoms. The molecule has 1 N–H and O–H groups in total. The van der Waals surface area contributed by atoms with Gasteiger partial charge in [-0.25, -0.2) is 0 Å². The lowest BCUT2D eigenvalue weighted by Crippen LogP contribution is -2.08. The zero-order valence-electron chi connectivity index (χ0n) is 12.6. The van der Waals surface area contributed by atoms with E-state index in [2.05, 4.69) is 6.58 Å². The quantitative estimate of drug-likeness (QED) is 0.879. The van der Waals surface area contributed by atoms with E-state index in [1.165, 1.54) is 0 Å². The minimum Gasteiger partial charge on any atom is -0.507 e. The average molecular weight is 312 g/mol. The maximum absolute atomic E-state index is 10.3. The maximum Gasteiger partial charge on any atom is 0.231 e. The van der Waals surface area contributed by atoms with Crippen LogP contribution < -0.4 is 18.9 Å². The fraction of sp³-hybridized carbons (Fsp3) is 0.222. The van der Waals surface area contributed by atoms with Crippen LogP contribution in [0.25, 0.3) is 0 Å². The van der Waals surface area contributed by atoms with Crippen LogP contribution in [0.3, 0.4) is 0 Å². The number of hydrogen-bond acceptors (Lipinski definition) is 5. The van der Waals surface area contributed by atoms with Crippen molar-refractivity contribution < 1.29 is 24.1 Å². The summed E-state index contributed by atoms with van der Waals surface area (Å²) >= 11 is 0. The van der Waals surface area contributed by atoms with Crippen LogP contribution in [0.5, 0.6) is 28.7 Å². The molecule has 5 heteroatoms. The van der Waals surface area contributed by atoms with Crippen molar-refractivity contribution in [3.05, 3.63) is 54.1 Å². The Kier molecular flexibility index (Phi) is 3.08. The summed E-state index contributed by atoms with van der Waals surface area (Å²) in [5.41, 5.74) is 1.67. The Balaban J connectivity index is 1.75. The first-order valence-corrected chi connectivity index (χ1v) is 7.31. The minimum absolute atomic E-state index is 0.0844. The van der Waals surface area contributed by atoms with Crippen molar-refractivity contribution in [2.45, 2.75) is 12.0 Å². The van der Waals surface area contributed by atoms with Gasteiger partial charge in [0, 0.05) is 29.2 Å². The fourth-order valence-electron chi connectivity index (χ4n) is 3.07. The molecule has 0 bridgehead atoms. The molecule has 2 aliphatic heterocycles. The highest BCUT2D eigenvalue weighted by Gasteiger charge is 2.37. The van der Waals surface area contributed by atoms with E-state index >= 15 is 0 Å². The van der Waals surface area contributed by atoms with E-state index < -0.39 is 0 Å². The molecule has 2 aromatic rings. The van der Waals surface area contributed by atoms with Crippen LogP contribution in [-0.4, -0.2) is 19.0 Å². The summed E-state index contributed by atoms with van der Waals surface area (Å²) in [6.45, 7) is 4.14. The Morgan fingerprint density at radius 1 is 1.13 bits per heavy atom. The van der Waals surface area contributed by atoms with E-state index in [1.54, 1.807) is 19.2 Å². The predicted molar refractivity (Wildman–Crippen MR) is 83.5 cm³/mol. The van der Waals surface area contributed by atoms with Crippen molar-refractivity contribution in [3.63, 3.8) is 0 Å². The molecule has 0 fully saturated rings. The van der Waals surface area contributed by atoms with Gasteiger partial charge in [-0.3, -0.25) is 0 Å². The van der Waals surface area contributed by atoms with E-state index in [9.17, 15) is 5.11 Å². The van der Waals surface area contributed by atoms with E-state index in [-0.39, 0.29) is 24.6 Å². The normalized spacial score (nSPS) is 20.7. The van der Waals surface area contributed by atoms with E-state index in [1.807, 2.05) is 24.3 Å². The third-order valence-corrected chi connectivity index (χ3v) is 4.24. The highest BCUT2D eigenvalue weighted by molar-refractivity contribution is 5.57. The van der Waals surface area contributed by atoms with Gasteiger partial charge in [-0.15, -0.1) is 6.58 Å². The lowest BCUT2D eigenvalue weighted by molar-refractivity contribution is 0.173. The number of hydrogen-bond donors (Lipinski definition) is 1. The summed E-state index contributed by atoms with van der Waals surface area (Å²) in [6, 6.07) is 8.93. The van der Waals surface area contributed by atoms with Gasteiger partial charge in [-0.1, -0.05) is 6.08 Å². The second kappa shape index (κ2) is 5.12. The molecule has 23 heavy (non-hydrogen) atoms. The molecular weight excluding hydrogens is 296 g/mol. The van der Waals surface area contributed by atoms with Gasteiger partial charge in [0.25, 0.3) is 0 Å². The summed E-state index contributed by atoms with van der Waals surface area (Å²) in [6.07, 6.45) is 1.47. The van der Waals surface area contributed by atoms with Gasteiger partial charge in [0.15, 0.2) is 11.5 Å². The van der Waals surface area contributed by atoms with Crippen molar-refractivity contribution in [1.82, 2.24) is 0 Å². The van der Waals surface area contributed by atoms with Crippen molar-refractivity contribution in [2.75, 3.05) is 13.9 Å². The highest BCUT2D eigenvalue weighted by atomic mass is 16.7. The van der Waals surface area contributed by atoms with Crippen molar-refractivity contribution in [1.29, 1.82) is 0 Å². The molecular formula is C18H16O5. The Morgan fingerprint density at radius 3 is 2.61 bits per heavy atom. The lowest BCUT2D eigenvalue weighted by Gasteiger charge is -2.18. The second-order valence-electron chi connectivity index (χ2n) is 5.47. The van der Waals surface area contributed by atoms with Crippen LogP contribution in [0.2, 0.25) is 0 Å². The molecule has 0 aliphatic carbocycles. The molecule has 5 nitrogen and oxygen atoms in total. The van der Waals surface area contributed by atoms with Gasteiger partial charge < -0.3 is 24.1 Å². The molecule has 0 amide bonds. The van der Waals surface area contributed by atoms with Gasteiger partial charge in [-0.2, -0.15) is 0 Å². The van der Waals surface area contributed by atoms with Crippen LogP contribution in [0.4, 0.5) is 0 Å². The third-order valence-electron chi connectivity index (χ3n) is 4.24. The van der Waals surface area contributed by atoms with Crippen LogP contribution in [0, 0.1) is 0 Å². The number of phenolic OH excluding ortho intramolecular Hbond substituents is 1. The first kappa shape index (κ1) is 13.8. The first-order valence-electron chi connectivity index (χ1n) is 7.31. The maximum atomic E-state index is 10.3. The van der Waals surface area contributed by atoms with Gasteiger partial charge in [0.2, 0.25) is 6.79 Å².